The molecule has 13 heavy (non-hydrogen) atoms. The van der Waals surface area contributed by atoms with Crippen molar-refractivity contribution in [3.05, 3.63) is 0 Å². The molecular formula is C8H15NO4. The Kier molecular flexibility index (Phi) is 5.88. The van der Waals surface area contributed by atoms with Gasteiger partial charge in [-0.2, -0.15) is 0 Å². The summed E-state index contributed by atoms with van der Waals surface area (Å²) in [6, 6.07) is -0.626. The molecule has 0 aromatic heterocycles. The smallest absolute Gasteiger partial charge is 0.322 e. The highest BCUT2D eigenvalue weighted by Gasteiger charge is 2.12. The van der Waals surface area contributed by atoms with Crippen LogP contribution in [0.5, 0.6) is 0 Å². The third-order valence-corrected chi connectivity index (χ3v) is 1.66. The molecule has 0 saturated carbocycles. The second kappa shape index (κ2) is 6.42. The third-order valence-electron chi connectivity index (χ3n) is 1.66. The monoisotopic (exact) mass is 189 g/mol. The van der Waals surface area contributed by atoms with Crippen LogP contribution in [0, 0.1) is 0 Å². The van der Waals surface area contributed by atoms with Gasteiger partial charge in [-0.25, -0.2) is 0 Å². The molecule has 0 aliphatic rings. The Hall–Kier alpha value is -1.10. The summed E-state index contributed by atoms with van der Waals surface area (Å²) in [4.78, 5) is 20.9. The Morgan fingerprint density at radius 2 is 2.08 bits per heavy atom. The lowest BCUT2D eigenvalue weighted by Gasteiger charge is -2.07. The van der Waals surface area contributed by atoms with Crippen molar-refractivity contribution in [2.45, 2.75) is 31.7 Å². The van der Waals surface area contributed by atoms with Gasteiger partial charge in [0, 0.05) is 6.42 Å². The summed E-state index contributed by atoms with van der Waals surface area (Å²) < 4.78 is 4.41. The lowest BCUT2D eigenvalue weighted by molar-refractivity contribution is -0.142. The topological polar surface area (TPSA) is 89.6 Å². The van der Waals surface area contributed by atoms with Crippen molar-refractivity contribution in [2.75, 3.05) is 7.11 Å². The molecule has 5 nitrogen and oxygen atoms in total. The van der Waals surface area contributed by atoms with E-state index in [9.17, 15) is 9.59 Å². The summed E-state index contributed by atoms with van der Waals surface area (Å²) in [6.07, 6.45) is 1.76. The van der Waals surface area contributed by atoms with E-state index < -0.39 is 18.0 Å². The molecule has 0 heterocycles. The minimum Gasteiger partial charge on any atom is -0.481 e. The molecular weight excluding hydrogens is 174 g/mol. The third kappa shape index (κ3) is 6.10. The van der Waals surface area contributed by atoms with Crippen LogP contribution < -0.4 is 5.73 Å². The van der Waals surface area contributed by atoms with E-state index in [0.717, 1.165) is 0 Å². The van der Waals surface area contributed by atoms with Gasteiger partial charge >= 0.3 is 11.9 Å². The molecule has 0 saturated heterocycles. The van der Waals surface area contributed by atoms with E-state index >= 15 is 0 Å². The number of nitrogens with two attached hydrogens (primary N) is 1. The standard InChI is InChI=1S/C8H15NO4/c1-13-8(12)6(9)4-2-3-5-7(10)11/h6H,2-5,9H2,1H3,(H,10,11). The summed E-state index contributed by atoms with van der Waals surface area (Å²) in [5, 5.41) is 8.31. The van der Waals surface area contributed by atoms with Gasteiger partial charge in [0.2, 0.25) is 0 Å². The molecule has 1 unspecified atom stereocenters. The minimum atomic E-state index is -0.827. The van der Waals surface area contributed by atoms with Crippen LogP contribution >= 0.6 is 0 Å². The number of rotatable bonds is 6. The Morgan fingerprint density at radius 3 is 2.54 bits per heavy atom. The SMILES string of the molecule is COC(=O)C(N)CCCCC(=O)O. The first-order valence-electron chi connectivity index (χ1n) is 4.13. The molecule has 0 aliphatic carbocycles. The minimum absolute atomic E-state index is 0.119. The molecule has 0 amide bonds. The number of unbranched alkanes of at least 4 members (excludes halogenated alkanes) is 1. The molecule has 0 spiro atoms. The summed E-state index contributed by atoms with van der Waals surface area (Å²) in [5.41, 5.74) is 5.42. The first-order valence-corrected chi connectivity index (χ1v) is 4.13. The van der Waals surface area contributed by atoms with Crippen LogP contribution in [-0.2, 0) is 14.3 Å². The van der Waals surface area contributed by atoms with Gasteiger partial charge in [0.25, 0.3) is 0 Å². The van der Waals surface area contributed by atoms with Crippen LogP contribution in [0.2, 0.25) is 0 Å². The molecule has 3 N–H and O–H groups in total. The molecule has 0 aromatic carbocycles. The van der Waals surface area contributed by atoms with Gasteiger partial charge in [-0.1, -0.05) is 6.42 Å². The van der Waals surface area contributed by atoms with Gasteiger partial charge in [-0.3, -0.25) is 9.59 Å². The lowest BCUT2D eigenvalue weighted by Crippen LogP contribution is -2.31. The summed E-state index contributed by atoms with van der Waals surface area (Å²) >= 11 is 0. The molecule has 0 aliphatic heterocycles. The fourth-order valence-corrected chi connectivity index (χ4v) is 0.910. The Morgan fingerprint density at radius 1 is 1.46 bits per heavy atom. The first kappa shape index (κ1) is 11.9. The van der Waals surface area contributed by atoms with E-state index in [1.54, 1.807) is 0 Å². The number of aliphatic carboxylic acids is 1. The zero-order valence-electron chi connectivity index (χ0n) is 7.66. The van der Waals surface area contributed by atoms with E-state index in [4.69, 9.17) is 10.8 Å². The lowest BCUT2D eigenvalue weighted by atomic mass is 10.1. The molecule has 5 heteroatoms. The second-order valence-electron chi connectivity index (χ2n) is 2.77. The van der Waals surface area contributed by atoms with Crippen LogP contribution in [0.25, 0.3) is 0 Å². The molecule has 0 aromatic rings. The second-order valence-corrected chi connectivity index (χ2v) is 2.77. The van der Waals surface area contributed by atoms with E-state index in [-0.39, 0.29) is 6.42 Å². The highest BCUT2D eigenvalue weighted by atomic mass is 16.5. The average Bonchev–Trinajstić information content (AvgIpc) is 2.10. The molecule has 0 fully saturated rings. The zero-order valence-corrected chi connectivity index (χ0v) is 7.66. The van der Waals surface area contributed by atoms with Gasteiger partial charge in [0.05, 0.1) is 7.11 Å². The Bertz CT molecular complexity index is 181. The fraction of sp³-hybridized carbons (Fsp3) is 0.750. The number of carboxylic acid groups (broad SMARTS) is 1. The Balaban J connectivity index is 3.42. The van der Waals surface area contributed by atoms with Crippen molar-refractivity contribution >= 4 is 11.9 Å². The summed E-state index contributed by atoms with van der Waals surface area (Å²) in [7, 11) is 1.28. The van der Waals surface area contributed by atoms with Crippen LogP contribution in [0.3, 0.4) is 0 Å². The van der Waals surface area contributed by atoms with E-state index in [1.807, 2.05) is 0 Å². The number of hydrogen-bond acceptors (Lipinski definition) is 4. The van der Waals surface area contributed by atoms with Crippen LogP contribution in [0.4, 0.5) is 0 Å². The van der Waals surface area contributed by atoms with Crippen LogP contribution in [-0.4, -0.2) is 30.2 Å². The number of ether oxygens (including phenoxy) is 1. The number of methoxy groups -OCH3 is 1. The van der Waals surface area contributed by atoms with E-state index in [0.29, 0.717) is 19.3 Å². The Labute approximate surface area is 76.9 Å². The molecule has 1 atom stereocenters. The van der Waals surface area contributed by atoms with Gasteiger partial charge < -0.3 is 15.6 Å². The quantitative estimate of drug-likeness (QED) is 0.458. The first-order chi connectivity index (χ1) is 6.07. The van der Waals surface area contributed by atoms with Crippen molar-refractivity contribution in [1.82, 2.24) is 0 Å². The molecule has 0 radical (unpaired) electrons. The predicted octanol–water partition coefficient (Wildman–Crippen LogP) is 0.132. The van der Waals surface area contributed by atoms with Crippen molar-refractivity contribution in [1.29, 1.82) is 0 Å². The number of carboxylic acids is 1. The number of carbonyl (C=O) groups excluding carboxylic acids is 1. The molecule has 0 bridgehead atoms. The van der Waals surface area contributed by atoms with Gasteiger partial charge in [0.1, 0.15) is 6.04 Å². The van der Waals surface area contributed by atoms with Crippen LogP contribution in [0.15, 0.2) is 0 Å². The van der Waals surface area contributed by atoms with Crippen molar-refractivity contribution in [3.63, 3.8) is 0 Å². The zero-order chi connectivity index (χ0) is 10.3. The van der Waals surface area contributed by atoms with Gasteiger partial charge in [0.15, 0.2) is 0 Å². The maximum absolute atomic E-state index is 10.8. The van der Waals surface area contributed by atoms with Gasteiger partial charge in [-0.15, -0.1) is 0 Å². The number of esters is 1. The predicted molar refractivity (Wildman–Crippen MR) is 46.1 cm³/mol. The summed E-state index contributed by atoms with van der Waals surface area (Å²) in [5.74, 6) is -1.28. The largest absolute Gasteiger partial charge is 0.481 e. The van der Waals surface area contributed by atoms with E-state index in [2.05, 4.69) is 4.74 Å². The number of carbonyl (C=O) groups is 2. The highest BCUT2D eigenvalue weighted by Crippen LogP contribution is 2.03. The maximum atomic E-state index is 10.8. The molecule has 0 rings (SSSR count). The highest BCUT2D eigenvalue weighted by molar-refractivity contribution is 5.75. The number of hydrogen-bond donors (Lipinski definition) is 2. The van der Waals surface area contributed by atoms with Crippen molar-refractivity contribution in [2.24, 2.45) is 5.73 Å². The normalized spacial score (nSPS) is 12.2. The summed E-state index contributed by atoms with van der Waals surface area (Å²) in [6.45, 7) is 0. The maximum Gasteiger partial charge on any atom is 0.322 e. The fourth-order valence-electron chi connectivity index (χ4n) is 0.910. The van der Waals surface area contributed by atoms with Crippen molar-refractivity contribution < 1.29 is 19.4 Å². The average molecular weight is 189 g/mol. The van der Waals surface area contributed by atoms with E-state index in [1.165, 1.54) is 7.11 Å². The van der Waals surface area contributed by atoms with Crippen molar-refractivity contribution in [3.8, 4) is 0 Å². The van der Waals surface area contributed by atoms with Crippen LogP contribution in [0.1, 0.15) is 25.7 Å². The molecule has 76 valence electrons. The van der Waals surface area contributed by atoms with Gasteiger partial charge in [-0.05, 0) is 12.8 Å².